The molecule has 1 aliphatic heterocycles. The number of carboxylic acids is 1. The Morgan fingerprint density at radius 1 is 1.55 bits per heavy atom. The number of thiocarbonyl (C=S) groups is 1. The van der Waals surface area contributed by atoms with Crippen LogP contribution in [0.25, 0.3) is 6.08 Å². The van der Waals surface area contributed by atoms with E-state index < -0.39 is 22.8 Å². The van der Waals surface area contributed by atoms with E-state index in [9.17, 15) is 19.7 Å². The van der Waals surface area contributed by atoms with Crippen molar-refractivity contribution in [2.24, 2.45) is 0 Å². The van der Waals surface area contributed by atoms with Crippen LogP contribution in [-0.2, 0) is 9.59 Å². The number of rotatable bonds is 4. The second kappa shape index (κ2) is 6.24. The molecular weight excluding hydrogens is 328 g/mol. The molecule has 0 spiro atoms. The Morgan fingerprint density at radius 2 is 2.23 bits per heavy atom. The van der Waals surface area contributed by atoms with Gasteiger partial charge in [-0.15, -0.1) is 0 Å². The average molecular weight is 338 g/mol. The van der Waals surface area contributed by atoms with Gasteiger partial charge in [0, 0.05) is 12.1 Å². The zero-order valence-electron chi connectivity index (χ0n) is 11.3. The van der Waals surface area contributed by atoms with E-state index >= 15 is 0 Å². The van der Waals surface area contributed by atoms with Crippen molar-refractivity contribution in [2.45, 2.75) is 13.0 Å². The maximum Gasteiger partial charge on any atom is 0.326 e. The Balaban J connectivity index is 2.32. The first-order chi connectivity index (χ1) is 10.3. The summed E-state index contributed by atoms with van der Waals surface area (Å²) in [7, 11) is 0. The summed E-state index contributed by atoms with van der Waals surface area (Å²) < 4.78 is 0.150. The minimum absolute atomic E-state index is 0.0943. The summed E-state index contributed by atoms with van der Waals surface area (Å²) in [5.74, 6) is -1.68. The first-order valence-electron chi connectivity index (χ1n) is 6.05. The Bertz CT molecular complexity index is 716. The van der Waals surface area contributed by atoms with Gasteiger partial charge in [0.05, 0.1) is 9.83 Å². The number of aliphatic carboxylic acids is 1. The van der Waals surface area contributed by atoms with Crippen LogP contribution >= 0.6 is 24.0 Å². The SMILES string of the molecule is CC(C(=O)O)N1C(=O)/C(=C/c2cccc([N+](=O)[O-])c2)SC1=S. The Morgan fingerprint density at radius 3 is 2.82 bits per heavy atom. The smallest absolute Gasteiger partial charge is 0.326 e. The predicted octanol–water partition coefficient (Wildman–Crippen LogP) is 2.27. The number of nitro groups is 1. The van der Waals surface area contributed by atoms with Crippen LogP contribution in [0, 0.1) is 10.1 Å². The molecule has 0 saturated carbocycles. The van der Waals surface area contributed by atoms with Crippen molar-refractivity contribution >= 4 is 51.9 Å². The van der Waals surface area contributed by atoms with E-state index in [1.807, 2.05) is 0 Å². The van der Waals surface area contributed by atoms with Gasteiger partial charge in [0.25, 0.3) is 11.6 Å². The van der Waals surface area contributed by atoms with E-state index in [-0.39, 0.29) is 14.9 Å². The quantitative estimate of drug-likeness (QED) is 0.389. The summed E-state index contributed by atoms with van der Waals surface area (Å²) >= 11 is 6.00. The van der Waals surface area contributed by atoms with Crippen LogP contribution in [0.4, 0.5) is 5.69 Å². The van der Waals surface area contributed by atoms with Gasteiger partial charge in [-0.05, 0) is 18.6 Å². The molecule has 0 bridgehead atoms. The fourth-order valence-electron chi connectivity index (χ4n) is 1.80. The lowest BCUT2D eigenvalue weighted by Gasteiger charge is -2.18. The fraction of sp³-hybridized carbons (Fsp3) is 0.154. The van der Waals surface area contributed by atoms with Crippen LogP contribution in [0.3, 0.4) is 0 Å². The van der Waals surface area contributed by atoms with E-state index in [1.165, 1.54) is 31.2 Å². The lowest BCUT2D eigenvalue weighted by molar-refractivity contribution is -0.384. The lowest BCUT2D eigenvalue weighted by Crippen LogP contribution is -2.41. The number of carbonyl (C=O) groups excluding carboxylic acids is 1. The number of amides is 1. The van der Waals surface area contributed by atoms with E-state index in [1.54, 1.807) is 6.07 Å². The monoisotopic (exact) mass is 338 g/mol. The first kappa shape index (κ1) is 16.1. The van der Waals surface area contributed by atoms with Gasteiger partial charge in [0.15, 0.2) is 0 Å². The Labute approximate surface area is 134 Å². The maximum absolute atomic E-state index is 12.2. The van der Waals surface area contributed by atoms with Crippen molar-refractivity contribution in [1.82, 2.24) is 4.90 Å². The molecule has 9 heteroatoms. The molecule has 1 aromatic rings. The zero-order chi connectivity index (χ0) is 16.4. The van der Waals surface area contributed by atoms with Crippen molar-refractivity contribution in [3.05, 3.63) is 44.8 Å². The Hall–Kier alpha value is -2.26. The second-order valence-corrected chi connectivity index (χ2v) is 6.09. The number of hydrogen-bond acceptors (Lipinski definition) is 6. The van der Waals surface area contributed by atoms with E-state index in [4.69, 9.17) is 17.3 Å². The molecule has 1 amide bonds. The van der Waals surface area contributed by atoms with Gasteiger partial charge in [-0.25, -0.2) is 4.79 Å². The number of carboxylic acid groups (broad SMARTS) is 1. The van der Waals surface area contributed by atoms with Crippen molar-refractivity contribution in [1.29, 1.82) is 0 Å². The predicted molar refractivity (Wildman–Crippen MR) is 85.2 cm³/mol. The molecule has 1 fully saturated rings. The number of benzene rings is 1. The molecule has 2 rings (SSSR count). The number of nitrogens with zero attached hydrogens (tertiary/aromatic N) is 2. The van der Waals surface area contributed by atoms with Gasteiger partial charge in [-0.3, -0.25) is 19.8 Å². The van der Waals surface area contributed by atoms with Crippen LogP contribution in [-0.4, -0.2) is 37.2 Å². The van der Waals surface area contributed by atoms with Crippen molar-refractivity contribution in [3.63, 3.8) is 0 Å². The summed E-state index contributed by atoms with van der Waals surface area (Å²) in [6.07, 6.45) is 1.46. The lowest BCUT2D eigenvalue weighted by atomic mass is 10.2. The van der Waals surface area contributed by atoms with Crippen molar-refractivity contribution in [2.75, 3.05) is 0 Å². The van der Waals surface area contributed by atoms with Gasteiger partial charge in [0.2, 0.25) is 0 Å². The molecule has 1 unspecified atom stereocenters. The topological polar surface area (TPSA) is 101 Å². The number of non-ortho nitro benzene ring substituents is 1. The first-order valence-corrected chi connectivity index (χ1v) is 7.28. The molecule has 1 aromatic carbocycles. The summed E-state index contributed by atoms with van der Waals surface area (Å²) in [6.45, 7) is 1.36. The molecule has 0 aromatic heterocycles. The average Bonchev–Trinajstić information content (AvgIpc) is 2.73. The molecule has 0 aliphatic carbocycles. The third-order valence-corrected chi connectivity index (χ3v) is 4.28. The minimum Gasteiger partial charge on any atom is -0.480 e. The third kappa shape index (κ3) is 3.15. The molecule has 1 saturated heterocycles. The summed E-state index contributed by atoms with van der Waals surface area (Å²) in [6, 6.07) is 4.72. The van der Waals surface area contributed by atoms with Gasteiger partial charge in [-0.1, -0.05) is 36.1 Å². The highest BCUT2D eigenvalue weighted by Crippen LogP contribution is 2.34. The van der Waals surface area contributed by atoms with Gasteiger partial charge < -0.3 is 5.11 Å². The highest BCUT2D eigenvalue weighted by Gasteiger charge is 2.38. The van der Waals surface area contributed by atoms with Crippen LogP contribution in [0.2, 0.25) is 0 Å². The maximum atomic E-state index is 12.2. The molecule has 1 aliphatic rings. The highest BCUT2D eigenvalue weighted by atomic mass is 32.2. The van der Waals surface area contributed by atoms with E-state index in [2.05, 4.69) is 0 Å². The van der Waals surface area contributed by atoms with Crippen molar-refractivity contribution in [3.8, 4) is 0 Å². The van der Waals surface area contributed by atoms with Gasteiger partial charge in [-0.2, -0.15) is 0 Å². The summed E-state index contributed by atoms with van der Waals surface area (Å²) in [5, 5.41) is 19.7. The van der Waals surface area contributed by atoms with Crippen molar-refractivity contribution < 1.29 is 19.6 Å². The van der Waals surface area contributed by atoms with E-state index in [0.717, 1.165) is 16.7 Å². The molecule has 1 atom stereocenters. The van der Waals surface area contributed by atoms with Gasteiger partial charge in [0.1, 0.15) is 10.4 Å². The number of hydrogen-bond donors (Lipinski definition) is 1. The molecular formula is C13H10N2O5S2. The molecule has 7 nitrogen and oxygen atoms in total. The largest absolute Gasteiger partial charge is 0.480 e. The van der Waals surface area contributed by atoms with Gasteiger partial charge >= 0.3 is 5.97 Å². The van der Waals surface area contributed by atoms with Crippen LogP contribution < -0.4 is 0 Å². The molecule has 1 heterocycles. The third-order valence-electron chi connectivity index (χ3n) is 2.95. The van der Waals surface area contributed by atoms with Crippen LogP contribution in [0.15, 0.2) is 29.2 Å². The number of nitro benzene ring substituents is 1. The second-order valence-electron chi connectivity index (χ2n) is 4.42. The number of thioether (sulfide) groups is 1. The van der Waals surface area contributed by atoms with Crippen LogP contribution in [0.1, 0.15) is 12.5 Å². The molecule has 0 radical (unpaired) electrons. The fourth-order valence-corrected chi connectivity index (χ4v) is 3.22. The summed E-state index contributed by atoms with van der Waals surface area (Å²) in [4.78, 5) is 34.7. The molecule has 114 valence electrons. The summed E-state index contributed by atoms with van der Waals surface area (Å²) in [5.41, 5.74) is 0.376. The standard InChI is InChI=1S/C13H10N2O5S2/c1-7(12(17)18)14-11(16)10(22-13(14)21)6-8-3-2-4-9(5-8)15(19)20/h2-7H,1H3,(H,17,18)/b10-6-. The minimum atomic E-state index is -1.16. The Kier molecular flexibility index (Phi) is 4.57. The molecule has 22 heavy (non-hydrogen) atoms. The highest BCUT2D eigenvalue weighted by molar-refractivity contribution is 8.26. The van der Waals surface area contributed by atoms with E-state index in [0.29, 0.717) is 5.56 Å². The number of carbonyl (C=O) groups is 2. The zero-order valence-corrected chi connectivity index (χ0v) is 12.9. The normalized spacial score (nSPS) is 17.9. The molecule has 1 N–H and O–H groups in total. The van der Waals surface area contributed by atoms with Crippen LogP contribution in [0.5, 0.6) is 0 Å².